The molecule has 0 radical (unpaired) electrons. The topological polar surface area (TPSA) is 65.7 Å². The highest BCUT2D eigenvalue weighted by molar-refractivity contribution is 5.73. The molecule has 22 heavy (non-hydrogen) atoms. The number of carbonyl (C=O) groups excluding carboxylic acids is 1. The average molecular weight is 307 g/mol. The van der Waals surface area contributed by atoms with Crippen LogP contribution in [0.1, 0.15) is 25.6 Å². The van der Waals surface area contributed by atoms with Crippen LogP contribution in [-0.2, 0) is 11.3 Å². The number of hydrogen-bond donors (Lipinski definition) is 0. The molecule has 3 rings (SSSR count). The molecule has 1 amide bonds. The van der Waals surface area contributed by atoms with Crippen molar-refractivity contribution in [3.63, 3.8) is 0 Å². The summed E-state index contributed by atoms with van der Waals surface area (Å²) in [7, 11) is 0. The molecule has 7 heteroatoms. The Labute approximate surface area is 131 Å². The lowest BCUT2D eigenvalue weighted by atomic mass is 10.0. The highest BCUT2D eigenvalue weighted by Gasteiger charge is 2.35. The van der Waals surface area contributed by atoms with Crippen LogP contribution in [0.2, 0.25) is 0 Å². The summed E-state index contributed by atoms with van der Waals surface area (Å²) in [6.45, 7) is 12.3. The lowest BCUT2D eigenvalue weighted by Gasteiger charge is -2.39. The lowest BCUT2D eigenvalue weighted by molar-refractivity contribution is -0.130. The Kier molecular flexibility index (Phi) is 4.44. The fourth-order valence-corrected chi connectivity index (χ4v) is 3.62. The summed E-state index contributed by atoms with van der Waals surface area (Å²) in [4.78, 5) is 22.6. The van der Waals surface area contributed by atoms with Gasteiger partial charge in [-0.2, -0.15) is 4.98 Å². The zero-order valence-electron chi connectivity index (χ0n) is 13.7. The fraction of sp³-hybridized carbons (Fsp3) is 0.800. The molecule has 2 aliphatic heterocycles. The molecule has 0 N–H and O–H groups in total. The van der Waals surface area contributed by atoms with Gasteiger partial charge in [-0.3, -0.25) is 14.6 Å². The van der Waals surface area contributed by atoms with Crippen molar-refractivity contribution in [3.8, 4) is 0 Å². The Hall–Kier alpha value is -1.47. The zero-order valence-corrected chi connectivity index (χ0v) is 13.7. The SMILES string of the molecule is CC(=O)N1CCN([C@H]2CN(Cc3nc(C)no3)C[C@@H]2C)CC1. The third-order valence-electron chi connectivity index (χ3n) is 4.81. The molecule has 3 heterocycles. The Bertz CT molecular complexity index is 524. The molecule has 0 saturated carbocycles. The lowest BCUT2D eigenvalue weighted by Crippen LogP contribution is -2.53. The summed E-state index contributed by atoms with van der Waals surface area (Å²) in [5.41, 5.74) is 0. The Balaban J connectivity index is 1.54. The Morgan fingerprint density at radius 3 is 2.59 bits per heavy atom. The minimum Gasteiger partial charge on any atom is -0.340 e. The Morgan fingerprint density at radius 2 is 2.00 bits per heavy atom. The second kappa shape index (κ2) is 6.34. The van der Waals surface area contributed by atoms with Crippen molar-refractivity contribution in [1.82, 2.24) is 24.8 Å². The van der Waals surface area contributed by atoms with Crippen molar-refractivity contribution >= 4 is 5.91 Å². The second-order valence-electron chi connectivity index (χ2n) is 6.52. The molecule has 0 bridgehead atoms. The summed E-state index contributed by atoms with van der Waals surface area (Å²) < 4.78 is 5.22. The van der Waals surface area contributed by atoms with Crippen molar-refractivity contribution in [2.24, 2.45) is 5.92 Å². The van der Waals surface area contributed by atoms with E-state index in [1.165, 1.54) is 0 Å². The van der Waals surface area contributed by atoms with E-state index in [2.05, 4.69) is 26.9 Å². The number of nitrogens with zero attached hydrogens (tertiary/aromatic N) is 5. The van der Waals surface area contributed by atoms with E-state index in [1.807, 2.05) is 11.8 Å². The molecule has 1 aromatic rings. The van der Waals surface area contributed by atoms with Gasteiger partial charge in [0.15, 0.2) is 5.82 Å². The molecule has 2 aliphatic rings. The number of carbonyl (C=O) groups is 1. The summed E-state index contributed by atoms with van der Waals surface area (Å²) in [6, 6.07) is 0.554. The second-order valence-corrected chi connectivity index (χ2v) is 6.52. The van der Waals surface area contributed by atoms with Crippen LogP contribution in [-0.4, -0.2) is 76.1 Å². The van der Waals surface area contributed by atoms with Gasteiger partial charge in [-0.05, 0) is 12.8 Å². The predicted molar refractivity (Wildman–Crippen MR) is 81.1 cm³/mol. The van der Waals surface area contributed by atoms with Gasteiger partial charge in [0.1, 0.15) is 0 Å². The summed E-state index contributed by atoms with van der Waals surface area (Å²) in [5, 5.41) is 3.85. The first kappa shape index (κ1) is 15.4. The number of piperazine rings is 1. The standard InChI is InChI=1S/C15H25N5O2/c1-11-8-18(10-15-16-12(2)17-22-15)9-14(11)20-6-4-19(5-7-20)13(3)21/h11,14H,4-10H2,1-3H3/t11-,14-/m0/s1. The van der Waals surface area contributed by atoms with Gasteiger partial charge in [0.05, 0.1) is 6.54 Å². The number of aromatic nitrogens is 2. The van der Waals surface area contributed by atoms with Gasteiger partial charge in [-0.15, -0.1) is 0 Å². The maximum absolute atomic E-state index is 11.4. The number of aryl methyl sites for hydroxylation is 1. The minimum atomic E-state index is 0.188. The summed E-state index contributed by atoms with van der Waals surface area (Å²) in [5.74, 6) is 2.20. The first-order valence-electron chi connectivity index (χ1n) is 8.04. The smallest absolute Gasteiger partial charge is 0.240 e. The van der Waals surface area contributed by atoms with Crippen molar-refractivity contribution in [3.05, 3.63) is 11.7 Å². The maximum Gasteiger partial charge on any atom is 0.240 e. The molecular formula is C15H25N5O2. The molecule has 0 aromatic carbocycles. The average Bonchev–Trinajstić information content (AvgIpc) is 3.05. The van der Waals surface area contributed by atoms with E-state index in [0.29, 0.717) is 23.7 Å². The number of hydrogen-bond acceptors (Lipinski definition) is 6. The maximum atomic E-state index is 11.4. The van der Waals surface area contributed by atoms with Crippen LogP contribution in [0.15, 0.2) is 4.52 Å². The van der Waals surface area contributed by atoms with Crippen LogP contribution in [0.5, 0.6) is 0 Å². The van der Waals surface area contributed by atoms with Gasteiger partial charge >= 0.3 is 0 Å². The van der Waals surface area contributed by atoms with Gasteiger partial charge in [-0.25, -0.2) is 0 Å². The molecule has 2 fully saturated rings. The zero-order chi connectivity index (χ0) is 15.7. The first-order chi connectivity index (χ1) is 10.5. The van der Waals surface area contributed by atoms with Crippen LogP contribution in [0.3, 0.4) is 0 Å². The van der Waals surface area contributed by atoms with E-state index in [1.54, 1.807) is 6.92 Å². The largest absolute Gasteiger partial charge is 0.340 e. The van der Waals surface area contributed by atoms with Crippen LogP contribution >= 0.6 is 0 Å². The van der Waals surface area contributed by atoms with Crippen molar-refractivity contribution in [1.29, 1.82) is 0 Å². The van der Waals surface area contributed by atoms with Crippen molar-refractivity contribution in [2.75, 3.05) is 39.3 Å². The third kappa shape index (κ3) is 3.30. The number of likely N-dealkylation sites (tertiary alicyclic amines) is 1. The summed E-state index contributed by atoms with van der Waals surface area (Å²) in [6.07, 6.45) is 0. The van der Waals surface area contributed by atoms with E-state index >= 15 is 0 Å². The predicted octanol–water partition coefficient (Wildman–Crippen LogP) is 0.362. The Morgan fingerprint density at radius 1 is 1.27 bits per heavy atom. The van der Waals surface area contributed by atoms with E-state index in [0.717, 1.165) is 45.8 Å². The number of rotatable bonds is 3. The number of amides is 1. The fourth-order valence-electron chi connectivity index (χ4n) is 3.62. The third-order valence-corrected chi connectivity index (χ3v) is 4.81. The van der Waals surface area contributed by atoms with Crippen LogP contribution in [0.25, 0.3) is 0 Å². The molecule has 122 valence electrons. The molecule has 2 saturated heterocycles. The van der Waals surface area contributed by atoms with E-state index in [4.69, 9.17) is 4.52 Å². The highest BCUT2D eigenvalue weighted by atomic mass is 16.5. The van der Waals surface area contributed by atoms with Gasteiger partial charge < -0.3 is 9.42 Å². The van der Waals surface area contributed by atoms with E-state index in [9.17, 15) is 4.79 Å². The first-order valence-corrected chi connectivity index (χ1v) is 8.04. The molecule has 2 atom stereocenters. The highest BCUT2D eigenvalue weighted by Crippen LogP contribution is 2.24. The van der Waals surface area contributed by atoms with E-state index < -0.39 is 0 Å². The molecule has 0 unspecified atom stereocenters. The molecule has 0 spiro atoms. The summed E-state index contributed by atoms with van der Waals surface area (Å²) >= 11 is 0. The van der Waals surface area contributed by atoms with Gasteiger partial charge in [-0.1, -0.05) is 12.1 Å². The molecular weight excluding hydrogens is 282 g/mol. The van der Waals surface area contributed by atoms with Crippen molar-refractivity contribution < 1.29 is 9.32 Å². The molecule has 0 aliphatic carbocycles. The van der Waals surface area contributed by atoms with Gasteiger partial charge in [0.25, 0.3) is 0 Å². The van der Waals surface area contributed by atoms with Crippen LogP contribution < -0.4 is 0 Å². The molecule has 7 nitrogen and oxygen atoms in total. The quantitative estimate of drug-likeness (QED) is 0.803. The van der Waals surface area contributed by atoms with Crippen LogP contribution in [0, 0.1) is 12.8 Å². The van der Waals surface area contributed by atoms with Crippen LogP contribution in [0.4, 0.5) is 0 Å². The van der Waals surface area contributed by atoms with Gasteiger partial charge in [0, 0.05) is 52.2 Å². The normalized spacial score (nSPS) is 27.5. The monoisotopic (exact) mass is 307 g/mol. The van der Waals surface area contributed by atoms with E-state index in [-0.39, 0.29) is 5.91 Å². The van der Waals surface area contributed by atoms with Gasteiger partial charge in [0.2, 0.25) is 11.8 Å². The minimum absolute atomic E-state index is 0.188. The van der Waals surface area contributed by atoms with Crippen molar-refractivity contribution in [2.45, 2.75) is 33.4 Å². The molecule has 1 aromatic heterocycles.